The average Bonchev–Trinajstić information content (AvgIpc) is 2.89. The molecule has 16 heavy (non-hydrogen) atoms. The van der Waals surface area contributed by atoms with Crippen LogP contribution in [0.3, 0.4) is 0 Å². The van der Waals surface area contributed by atoms with Crippen molar-refractivity contribution in [2.24, 2.45) is 0 Å². The van der Waals surface area contributed by atoms with Gasteiger partial charge in [0.2, 0.25) is 0 Å². The quantitative estimate of drug-likeness (QED) is 0.831. The van der Waals surface area contributed by atoms with Gasteiger partial charge >= 0.3 is 0 Å². The lowest BCUT2D eigenvalue weighted by molar-refractivity contribution is 0.195. The van der Waals surface area contributed by atoms with Crippen LogP contribution in [0.5, 0.6) is 0 Å². The molecule has 4 heteroatoms. The van der Waals surface area contributed by atoms with Gasteiger partial charge in [0.05, 0.1) is 30.2 Å². The Morgan fingerprint density at radius 2 is 2.50 bits per heavy atom. The van der Waals surface area contributed by atoms with Gasteiger partial charge in [-0.25, -0.2) is 0 Å². The van der Waals surface area contributed by atoms with Crippen LogP contribution in [0.15, 0.2) is 6.20 Å². The van der Waals surface area contributed by atoms with Crippen LogP contribution in [-0.2, 0) is 11.3 Å². The molecule has 1 aromatic rings. The molecule has 2 rings (SSSR count). The highest BCUT2D eigenvalue weighted by molar-refractivity contribution is 5.46. The molecule has 1 fully saturated rings. The van der Waals surface area contributed by atoms with E-state index in [1.54, 1.807) is 0 Å². The summed E-state index contributed by atoms with van der Waals surface area (Å²) in [5.74, 6) is 0. The van der Waals surface area contributed by atoms with Crippen molar-refractivity contribution in [2.45, 2.75) is 45.7 Å². The molecule has 0 spiro atoms. The fourth-order valence-corrected chi connectivity index (χ4v) is 1.99. The fraction of sp³-hybridized carbons (Fsp3) is 0.750. The van der Waals surface area contributed by atoms with E-state index >= 15 is 0 Å². The number of rotatable bonds is 5. The summed E-state index contributed by atoms with van der Waals surface area (Å²) in [6.45, 7) is 7.04. The van der Waals surface area contributed by atoms with Gasteiger partial charge in [0.1, 0.15) is 0 Å². The van der Waals surface area contributed by atoms with E-state index in [4.69, 9.17) is 4.74 Å². The maximum Gasteiger partial charge on any atom is 0.0759 e. The Kier molecular flexibility index (Phi) is 3.83. The first-order chi connectivity index (χ1) is 7.81. The zero-order valence-corrected chi connectivity index (χ0v) is 10.2. The molecule has 1 aliphatic heterocycles. The van der Waals surface area contributed by atoms with Crippen molar-refractivity contribution in [3.63, 3.8) is 0 Å². The molecular formula is C12H21N3O. The first kappa shape index (κ1) is 11.5. The molecule has 0 aliphatic carbocycles. The number of aromatic nitrogens is 2. The van der Waals surface area contributed by atoms with E-state index in [0.29, 0.717) is 6.04 Å². The molecule has 2 heterocycles. The lowest BCUT2D eigenvalue weighted by Crippen LogP contribution is -2.19. The van der Waals surface area contributed by atoms with E-state index in [-0.39, 0.29) is 0 Å². The summed E-state index contributed by atoms with van der Waals surface area (Å²) < 4.78 is 7.44. The van der Waals surface area contributed by atoms with Crippen molar-refractivity contribution in [3.8, 4) is 0 Å². The molecule has 1 N–H and O–H groups in total. The summed E-state index contributed by atoms with van der Waals surface area (Å²) >= 11 is 0. The Labute approximate surface area is 97.0 Å². The molecule has 0 saturated carbocycles. The van der Waals surface area contributed by atoms with Gasteiger partial charge in [-0.3, -0.25) is 4.68 Å². The smallest absolute Gasteiger partial charge is 0.0759 e. The number of anilines is 1. The van der Waals surface area contributed by atoms with Crippen LogP contribution in [0.25, 0.3) is 0 Å². The van der Waals surface area contributed by atoms with Crippen LogP contribution in [0.1, 0.15) is 31.9 Å². The summed E-state index contributed by atoms with van der Waals surface area (Å²) in [6, 6.07) is 0.461. The lowest BCUT2D eigenvalue weighted by Gasteiger charge is -2.11. The molecule has 1 atom stereocenters. The first-order valence-corrected chi connectivity index (χ1v) is 6.18. The summed E-state index contributed by atoms with van der Waals surface area (Å²) in [4.78, 5) is 0. The Morgan fingerprint density at radius 3 is 3.19 bits per heavy atom. The number of ether oxygens (including phenoxy) is 1. The van der Waals surface area contributed by atoms with Crippen LogP contribution < -0.4 is 5.32 Å². The van der Waals surface area contributed by atoms with Gasteiger partial charge in [0, 0.05) is 13.2 Å². The second-order valence-corrected chi connectivity index (χ2v) is 4.43. The van der Waals surface area contributed by atoms with E-state index in [9.17, 15) is 0 Å². The minimum absolute atomic E-state index is 0.461. The van der Waals surface area contributed by atoms with Gasteiger partial charge in [0.15, 0.2) is 0 Å². The van der Waals surface area contributed by atoms with E-state index in [1.807, 2.05) is 6.20 Å². The third kappa shape index (κ3) is 2.55. The van der Waals surface area contributed by atoms with Crippen LogP contribution in [0.2, 0.25) is 0 Å². The lowest BCUT2D eigenvalue weighted by atomic mass is 10.2. The van der Waals surface area contributed by atoms with Crippen LogP contribution in [0, 0.1) is 6.92 Å². The highest BCUT2D eigenvalue weighted by Crippen LogP contribution is 2.18. The van der Waals surface area contributed by atoms with Crippen LogP contribution >= 0.6 is 0 Å². The van der Waals surface area contributed by atoms with Crippen LogP contribution in [-0.4, -0.2) is 29.0 Å². The molecule has 0 radical (unpaired) electrons. The average molecular weight is 223 g/mol. The molecule has 1 aliphatic rings. The van der Waals surface area contributed by atoms with E-state index in [1.165, 1.54) is 18.5 Å². The van der Waals surface area contributed by atoms with Crippen molar-refractivity contribution in [3.05, 3.63) is 11.9 Å². The third-order valence-corrected chi connectivity index (χ3v) is 3.12. The zero-order chi connectivity index (χ0) is 11.4. The minimum Gasteiger partial charge on any atom is -0.379 e. The monoisotopic (exact) mass is 223 g/mol. The largest absolute Gasteiger partial charge is 0.379 e. The van der Waals surface area contributed by atoms with E-state index in [0.717, 1.165) is 31.9 Å². The second kappa shape index (κ2) is 5.34. The Hall–Kier alpha value is -1.03. The SMILES string of the molecule is CCCCn1ncc(NC2CCOC2)c1C. The summed E-state index contributed by atoms with van der Waals surface area (Å²) in [7, 11) is 0. The van der Waals surface area contributed by atoms with Crippen molar-refractivity contribution in [1.82, 2.24) is 9.78 Å². The second-order valence-electron chi connectivity index (χ2n) is 4.43. The van der Waals surface area contributed by atoms with Crippen LogP contribution in [0.4, 0.5) is 5.69 Å². The van der Waals surface area contributed by atoms with Gasteiger partial charge in [-0.15, -0.1) is 0 Å². The molecular weight excluding hydrogens is 202 g/mol. The van der Waals surface area contributed by atoms with Gasteiger partial charge in [-0.1, -0.05) is 13.3 Å². The Balaban J connectivity index is 1.95. The van der Waals surface area contributed by atoms with E-state index in [2.05, 4.69) is 28.9 Å². The van der Waals surface area contributed by atoms with Gasteiger partial charge in [-0.05, 0) is 19.8 Å². The predicted molar refractivity (Wildman–Crippen MR) is 64.7 cm³/mol. The summed E-state index contributed by atoms with van der Waals surface area (Å²) in [6.07, 6.45) is 5.43. The summed E-state index contributed by atoms with van der Waals surface area (Å²) in [5, 5.41) is 7.91. The molecule has 0 bridgehead atoms. The normalized spacial score (nSPS) is 20.2. The summed E-state index contributed by atoms with van der Waals surface area (Å²) in [5.41, 5.74) is 2.40. The maximum absolute atomic E-state index is 5.35. The Morgan fingerprint density at radius 1 is 1.62 bits per heavy atom. The Bertz CT molecular complexity index is 329. The number of nitrogens with one attached hydrogen (secondary N) is 1. The number of nitrogens with zero attached hydrogens (tertiary/aromatic N) is 2. The van der Waals surface area contributed by atoms with Gasteiger partial charge in [0.25, 0.3) is 0 Å². The molecule has 0 aromatic carbocycles. The molecule has 1 unspecified atom stereocenters. The third-order valence-electron chi connectivity index (χ3n) is 3.12. The van der Waals surface area contributed by atoms with Gasteiger partial charge in [-0.2, -0.15) is 5.10 Å². The number of aryl methyl sites for hydroxylation is 1. The standard InChI is InChI=1S/C12H21N3O/c1-3-4-6-15-10(2)12(8-13-15)14-11-5-7-16-9-11/h8,11,14H,3-7,9H2,1-2H3. The highest BCUT2D eigenvalue weighted by Gasteiger charge is 2.17. The number of hydrogen-bond acceptors (Lipinski definition) is 3. The van der Waals surface area contributed by atoms with Crippen molar-refractivity contribution in [2.75, 3.05) is 18.5 Å². The van der Waals surface area contributed by atoms with Crippen molar-refractivity contribution in [1.29, 1.82) is 0 Å². The van der Waals surface area contributed by atoms with Crippen molar-refractivity contribution >= 4 is 5.69 Å². The fourth-order valence-electron chi connectivity index (χ4n) is 1.99. The molecule has 4 nitrogen and oxygen atoms in total. The number of unbranched alkanes of at least 4 members (excludes halogenated alkanes) is 1. The zero-order valence-electron chi connectivity index (χ0n) is 10.2. The maximum atomic E-state index is 5.35. The molecule has 0 amide bonds. The molecule has 90 valence electrons. The molecule has 1 saturated heterocycles. The van der Waals surface area contributed by atoms with E-state index < -0.39 is 0 Å². The number of hydrogen-bond donors (Lipinski definition) is 1. The highest BCUT2D eigenvalue weighted by atomic mass is 16.5. The first-order valence-electron chi connectivity index (χ1n) is 6.18. The molecule has 1 aromatic heterocycles. The topological polar surface area (TPSA) is 39.1 Å². The predicted octanol–water partition coefficient (Wildman–Crippen LogP) is 2.19. The van der Waals surface area contributed by atoms with Crippen molar-refractivity contribution < 1.29 is 4.74 Å². The minimum atomic E-state index is 0.461. The van der Waals surface area contributed by atoms with Gasteiger partial charge < -0.3 is 10.1 Å².